The fourth-order valence-electron chi connectivity index (χ4n) is 1.40. The summed E-state index contributed by atoms with van der Waals surface area (Å²) in [5.41, 5.74) is 1.62. The third-order valence-electron chi connectivity index (χ3n) is 2.09. The molecule has 6 heteroatoms. The van der Waals surface area contributed by atoms with Gasteiger partial charge in [0.15, 0.2) is 0 Å². The molecule has 0 aromatic heterocycles. The van der Waals surface area contributed by atoms with E-state index >= 15 is 0 Å². The normalized spacial score (nSPS) is 11.4. The predicted molar refractivity (Wildman–Crippen MR) is 70.0 cm³/mol. The van der Waals surface area contributed by atoms with Crippen LogP contribution in [-0.2, 0) is 16.8 Å². The number of rotatable bonds is 7. The molecule has 0 radical (unpaired) electrons. The molecule has 1 aromatic carbocycles. The fraction of sp³-hybridized carbons (Fsp3) is 0.455. The molecule has 0 fully saturated rings. The summed E-state index contributed by atoms with van der Waals surface area (Å²) < 4.78 is 27.8. The molecule has 0 bridgehead atoms. The van der Waals surface area contributed by atoms with E-state index in [1.807, 2.05) is 25.1 Å². The van der Waals surface area contributed by atoms with Crippen LogP contribution in [0.5, 0.6) is 0 Å². The van der Waals surface area contributed by atoms with Crippen LogP contribution in [0.4, 0.5) is 5.69 Å². The second kappa shape index (κ2) is 6.58. The van der Waals surface area contributed by atoms with Crippen molar-refractivity contribution in [2.45, 2.75) is 20.4 Å². The molecule has 0 saturated carbocycles. The molecule has 0 saturated heterocycles. The summed E-state index contributed by atoms with van der Waals surface area (Å²) in [7, 11) is -3.44. The molecule has 17 heavy (non-hydrogen) atoms. The van der Waals surface area contributed by atoms with Gasteiger partial charge in [-0.3, -0.25) is 4.72 Å². The molecule has 0 aliphatic heterocycles. The van der Waals surface area contributed by atoms with E-state index in [0.29, 0.717) is 12.2 Å². The molecule has 0 aliphatic carbocycles. The Bertz CT molecular complexity index is 446. The van der Waals surface area contributed by atoms with Crippen LogP contribution in [0.3, 0.4) is 0 Å². The highest BCUT2D eigenvalue weighted by Gasteiger charge is 2.07. The van der Waals surface area contributed by atoms with Crippen molar-refractivity contribution in [3.05, 3.63) is 29.8 Å². The smallest absolute Gasteiger partial charge is 0.299 e. The summed E-state index contributed by atoms with van der Waals surface area (Å²) in [5.74, 6) is 0. The molecule has 0 heterocycles. The summed E-state index contributed by atoms with van der Waals surface area (Å²) in [6.07, 6.45) is 0. The fourth-order valence-corrected chi connectivity index (χ4v) is 2.28. The maximum absolute atomic E-state index is 11.5. The van der Waals surface area contributed by atoms with Crippen LogP contribution in [0.25, 0.3) is 0 Å². The maximum atomic E-state index is 11.5. The zero-order valence-corrected chi connectivity index (χ0v) is 11.0. The third-order valence-corrected chi connectivity index (χ3v) is 3.27. The van der Waals surface area contributed by atoms with Crippen LogP contribution in [0.15, 0.2) is 24.3 Å². The average Bonchev–Trinajstić information content (AvgIpc) is 2.26. The molecule has 0 atom stereocenters. The van der Waals surface area contributed by atoms with E-state index in [-0.39, 0.29) is 0 Å². The van der Waals surface area contributed by atoms with Crippen molar-refractivity contribution in [3.8, 4) is 0 Å². The molecule has 0 amide bonds. The van der Waals surface area contributed by atoms with E-state index in [2.05, 4.69) is 14.8 Å². The first-order chi connectivity index (χ1) is 8.07. The van der Waals surface area contributed by atoms with Crippen molar-refractivity contribution in [1.82, 2.24) is 10.0 Å². The van der Waals surface area contributed by atoms with Crippen LogP contribution in [0.1, 0.15) is 19.4 Å². The summed E-state index contributed by atoms with van der Waals surface area (Å²) >= 11 is 0. The third kappa shape index (κ3) is 5.16. The van der Waals surface area contributed by atoms with Crippen molar-refractivity contribution < 1.29 is 8.42 Å². The lowest BCUT2D eigenvalue weighted by molar-refractivity contribution is 0.589. The number of nitrogens with one attached hydrogen (secondary N) is 3. The van der Waals surface area contributed by atoms with Crippen molar-refractivity contribution in [2.24, 2.45) is 0 Å². The summed E-state index contributed by atoms with van der Waals surface area (Å²) in [6.45, 7) is 5.74. The first-order valence-electron chi connectivity index (χ1n) is 5.64. The van der Waals surface area contributed by atoms with Gasteiger partial charge >= 0.3 is 0 Å². The van der Waals surface area contributed by atoms with Crippen molar-refractivity contribution in [3.63, 3.8) is 0 Å². The number of hydrogen-bond acceptors (Lipinski definition) is 3. The first kappa shape index (κ1) is 14.0. The Morgan fingerprint density at radius 3 is 2.59 bits per heavy atom. The molecule has 96 valence electrons. The van der Waals surface area contributed by atoms with Gasteiger partial charge in [-0.15, -0.1) is 0 Å². The molecule has 1 aromatic rings. The molecular weight excluding hydrogens is 238 g/mol. The highest BCUT2D eigenvalue weighted by atomic mass is 32.2. The number of benzene rings is 1. The van der Waals surface area contributed by atoms with Gasteiger partial charge in [0.05, 0.1) is 5.69 Å². The Morgan fingerprint density at radius 2 is 1.94 bits per heavy atom. The minimum absolute atomic E-state index is 0.367. The van der Waals surface area contributed by atoms with E-state index in [1.54, 1.807) is 13.0 Å². The molecule has 0 unspecified atom stereocenters. The monoisotopic (exact) mass is 257 g/mol. The molecular formula is C11H19N3O2S. The Kier molecular flexibility index (Phi) is 5.40. The van der Waals surface area contributed by atoms with Crippen LogP contribution in [-0.4, -0.2) is 21.5 Å². The van der Waals surface area contributed by atoms with Gasteiger partial charge in [0.1, 0.15) is 0 Å². The summed E-state index contributed by atoms with van der Waals surface area (Å²) in [4.78, 5) is 0. The van der Waals surface area contributed by atoms with E-state index in [9.17, 15) is 8.42 Å². The van der Waals surface area contributed by atoms with Crippen LogP contribution in [0, 0.1) is 0 Å². The SMILES string of the molecule is CCNCc1cccc(NS(=O)(=O)NCC)c1. The van der Waals surface area contributed by atoms with Gasteiger partial charge in [-0.25, -0.2) is 0 Å². The van der Waals surface area contributed by atoms with E-state index in [4.69, 9.17) is 0 Å². The average molecular weight is 257 g/mol. The second-order valence-electron chi connectivity index (χ2n) is 3.58. The van der Waals surface area contributed by atoms with Gasteiger partial charge in [0.25, 0.3) is 10.2 Å². The van der Waals surface area contributed by atoms with Crippen molar-refractivity contribution >= 4 is 15.9 Å². The highest BCUT2D eigenvalue weighted by molar-refractivity contribution is 7.90. The predicted octanol–water partition coefficient (Wildman–Crippen LogP) is 1.06. The first-order valence-corrected chi connectivity index (χ1v) is 7.12. The molecule has 0 aliphatic rings. The Labute approximate surface area is 103 Å². The highest BCUT2D eigenvalue weighted by Crippen LogP contribution is 2.11. The van der Waals surface area contributed by atoms with Crippen LogP contribution >= 0.6 is 0 Å². The van der Waals surface area contributed by atoms with Gasteiger partial charge in [-0.05, 0) is 24.2 Å². The molecule has 5 nitrogen and oxygen atoms in total. The molecule has 3 N–H and O–H groups in total. The van der Waals surface area contributed by atoms with Gasteiger partial charge in [0.2, 0.25) is 0 Å². The Hall–Kier alpha value is -1.11. The van der Waals surface area contributed by atoms with E-state index in [1.165, 1.54) is 0 Å². The second-order valence-corrected chi connectivity index (χ2v) is 5.08. The van der Waals surface area contributed by atoms with Crippen molar-refractivity contribution in [1.29, 1.82) is 0 Å². The lowest BCUT2D eigenvalue weighted by atomic mass is 10.2. The lowest BCUT2D eigenvalue weighted by Gasteiger charge is -2.09. The number of anilines is 1. The van der Waals surface area contributed by atoms with Gasteiger partial charge in [-0.1, -0.05) is 26.0 Å². The topological polar surface area (TPSA) is 70.2 Å². The van der Waals surface area contributed by atoms with Crippen LogP contribution in [0.2, 0.25) is 0 Å². The summed E-state index contributed by atoms with van der Waals surface area (Å²) in [5, 5.41) is 3.19. The van der Waals surface area contributed by atoms with E-state index < -0.39 is 10.2 Å². The van der Waals surface area contributed by atoms with Crippen LogP contribution < -0.4 is 14.8 Å². The van der Waals surface area contributed by atoms with Gasteiger partial charge in [0, 0.05) is 13.1 Å². The largest absolute Gasteiger partial charge is 0.313 e. The maximum Gasteiger partial charge on any atom is 0.299 e. The standard InChI is InChI=1S/C11H19N3O2S/c1-3-12-9-10-6-5-7-11(8-10)14-17(15,16)13-4-2/h5-8,12-14H,3-4,9H2,1-2H3. The van der Waals surface area contributed by atoms with Gasteiger partial charge in [-0.2, -0.15) is 13.1 Å². The van der Waals surface area contributed by atoms with Crippen molar-refractivity contribution in [2.75, 3.05) is 17.8 Å². The Morgan fingerprint density at radius 1 is 1.18 bits per heavy atom. The van der Waals surface area contributed by atoms with Gasteiger partial charge < -0.3 is 5.32 Å². The quantitative estimate of drug-likeness (QED) is 0.684. The number of hydrogen-bond donors (Lipinski definition) is 3. The molecule has 1 rings (SSSR count). The minimum Gasteiger partial charge on any atom is -0.313 e. The molecule has 0 spiro atoms. The lowest BCUT2D eigenvalue weighted by Crippen LogP contribution is -2.29. The minimum atomic E-state index is -3.44. The zero-order chi connectivity index (χ0) is 12.7. The zero-order valence-electron chi connectivity index (χ0n) is 10.2. The van der Waals surface area contributed by atoms with E-state index in [0.717, 1.165) is 18.7 Å². The Balaban J connectivity index is 2.71. The summed E-state index contributed by atoms with van der Waals surface area (Å²) in [6, 6.07) is 7.33.